The van der Waals surface area contributed by atoms with Crippen LogP contribution in [0.15, 0.2) is 18.2 Å². The quantitative estimate of drug-likeness (QED) is 0.900. The summed E-state index contributed by atoms with van der Waals surface area (Å²) < 4.78 is 13.1. The van der Waals surface area contributed by atoms with Gasteiger partial charge >= 0.3 is 0 Å². The smallest absolute Gasteiger partial charge is 0.123 e. The number of hydrogen-bond donors (Lipinski definition) is 1. The van der Waals surface area contributed by atoms with Crippen molar-refractivity contribution in [1.29, 1.82) is 0 Å². The highest BCUT2D eigenvalue weighted by molar-refractivity contribution is 5.53. The van der Waals surface area contributed by atoms with Crippen LogP contribution < -0.4 is 10.2 Å². The van der Waals surface area contributed by atoms with E-state index >= 15 is 0 Å². The third kappa shape index (κ3) is 3.93. The Morgan fingerprint density at radius 3 is 2.74 bits per heavy atom. The molecule has 2 nitrogen and oxygen atoms in total. The van der Waals surface area contributed by atoms with Gasteiger partial charge in [-0.1, -0.05) is 0 Å². The molecule has 2 rings (SSSR count). The third-order valence-electron chi connectivity index (χ3n) is 3.71. The Hall–Kier alpha value is -1.09. The van der Waals surface area contributed by atoms with E-state index in [0.717, 1.165) is 25.2 Å². The summed E-state index contributed by atoms with van der Waals surface area (Å²) in [6.07, 6.45) is 1.21. The minimum Gasteiger partial charge on any atom is -0.371 e. The minimum absolute atomic E-state index is 0.147. The lowest BCUT2D eigenvalue weighted by molar-refractivity contribution is 0.383. The summed E-state index contributed by atoms with van der Waals surface area (Å²) in [6.45, 7) is 11.8. The molecule has 1 N–H and O–H groups in total. The highest BCUT2D eigenvalue weighted by atomic mass is 19.1. The van der Waals surface area contributed by atoms with Crippen molar-refractivity contribution >= 4 is 5.69 Å². The molecule has 0 amide bonds. The van der Waals surface area contributed by atoms with Crippen LogP contribution in [0, 0.1) is 18.7 Å². The number of benzene rings is 1. The number of rotatable bonds is 3. The summed E-state index contributed by atoms with van der Waals surface area (Å²) in [5, 5.41) is 3.57. The van der Waals surface area contributed by atoms with Crippen LogP contribution in [0.3, 0.4) is 0 Å². The molecule has 1 unspecified atom stereocenters. The van der Waals surface area contributed by atoms with Crippen LogP contribution in [-0.4, -0.2) is 25.2 Å². The average molecular weight is 264 g/mol. The summed E-state index contributed by atoms with van der Waals surface area (Å²) in [4.78, 5) is 2.38. The summed E-state index contributed by atoms with van der Waals surface area (Å²) in [6, 6.07) is 5.09. The van der Waals surface area contributed by atoms with Gasteiger partial charge in [-0.2, -0.15) is 0 Å². The van der Waals surface area contributed by atoms with E-state index in [1.54, 1.807) is 12.1 Å². The number of nitrogens with one attached hydrogen (secondary N) is 1. The van der Waals surface area contributed by atoms with Crippen LogP contribution in [0.1, 0.15) is 32.8 Å². The Balaban J connectivity index is 1.94. The fourth-order valence-electron chi connectivity index (χ4n) is 2.64. The van der Waals surface area contributed by atoms with Crippen molar-refractivity contribution < 1.29 is 4.39 Å². The molecule has 1 aromatic rings. The van der Waals surface area contributed by atoms with Crippen LogP contribution >= 0.6 is 0 Å². The summed E-state index contributed by atoms with van der Waals surface area (Å²) in [5.41, 5.74) is 2.39. The maximum atomic E-state index is 13.1. The number of hydrogen-bond acceptors (Lipinski definition) is 2. The Morgan fingerprint density at radius 1 is 1.37 bits per heavy atom. The number of aryl methyl sites for hydroxylation is 1. The van der Waals surface area contributed by atoms with Gasteiger partial charge in [-0.05, 0) is 63.8 Å². The van der Waals surface area contributed by atoms with Crippen molar-refractivity contribution in [3.63, 3.8) is 0 Å². The molecule has 0 bridgehead atoms. The molecule has 1 aromatic carbocycles. The topological polar surface area (TPSA) is 15.3 Å². The molecule has 19 heavy (non-hydrogen) atoms. The lowest BCUT2D eigenvalue weighted by Gasteiger charge is -2.24. The van der Waals surface area contributed by atoms with Gasteiger partial charge in [-0.25, -0.2) is 4.39 Å². The van der Waals surface area contributed by atoms with E-state index in [2.05, 4.69) is 31.0 Å². The van der Waals surface area contributed by atoms with Gasteiger partial charge in [0.1, 0.15) is 5.82 Å². The first kappa shape index (κ1) is 14.3. The lowest BCUT2D eigenvalue weighted by Crippen LogP contribution is -2.39. The van der Waals surface area contributed by atoms with Gasteiger partial charge in [0.25, 0.3) is 0 Å². The molecule has 1 atom stereocenters. The maximum absolute atomic E-state index is 13.1. The van der Waals surface area contributed by atoms with Crippen molar-refractivity contribution in [2.75, 3.05) is 24.5 Å². The molecule has 0 aliphatic carbocycles. The van der Waals surface area contributed by atoms with Crippen molar-refractivity contribution in [2.24, 2.45) is 5.92 Å². The van der Waals surface area contributed by atoms with Gasteiger partial charge in [0, 0.05) is 30.9 Å². The van der Waals surface area contributed by atoms with Crippen LogP contribution in [0.4, 0.5) is 10.1 Å². The molecule has 1 fully saturated rings. The zero-order valence-electron chi connectivity index (χ0n) is 12.5. The predicted octanol–water partition coefficient (Wildman–Crippen LogP) is 3.35. The van der Waals surface area contributed by atoms with Gasteiger partial charge in [0.15, 0.2) is 0 Å². The summed E-state index contributed by atoms with van der Waals surface area (Å²) >= 11 is 0. The maximum Gasteiger partial charge on any atom is 0.123 e. The van der Waals surface area contributed by atoms with Gasteiger partial charge in [-0.15, -0.1) is 0 Å². The normalized spacial score (nSPS) is 20.1. The number of halogens is 1. The average Bonchev–Trinajstić information content (AvgIpc) is 2.74. The van der Waals surface area contributed by atoms with Crippen molar-refractivity contribution in [3.8, 4) is 0 Å². The molecular weight excluding hydrogens is 239 g/mol. The molecule has 1 heterocycles. The molecule has 1 saturated heterocycles. The second-order valence-electron chi connectivity index (χ2n) is 6.66. The van der Waals surface area contributed by atoms with Crippen molar-refractivity contribution in [3.05, 3.63) is 29.6 Å². The fraction of sp³-hybridized carbons (Fsp3) is 0.625. The van der Waals surface area contributed by atoms with Crippen molar-refractivity contribution in [1.82, 2.24) is 5.32 Å². The van der Waals surface area contributed by atoms with E-state index in [0.29, 0.717) is 5.92 Å². The van der Waals surface area contributed by atoms with Gasteiger partial charge in [-0.3, -0.25) is 0 Å². The first-order chi connectivity index (χ1) is 8.85. The molecular formula is C16H25FN2. The molecule has 1 aliphatic heterocycles. The van der Waals surface area contributed by atoms with E-state index in [-0.39, 0.29) is 11.4 Å². The Kier molecular flexibility index (Phi) is 4.14. The SMILES string of the molecule is Cc1cc(F)ccc1N1CCC(CNC(C)(C)C)C1. The molecule has 0 spiro atoms. The van der Waals surface area contributed by atoms with Crippen LogP contribution in [-0.2, 0) is 0 Å². The third-order valence-corrected chi connectivity index (χ3v) is 3.71. The van der Waals surface area contributed by atoms with Crippen LogP contribution in [0.5, 0.6) is 0 Å². The minimum atomic E-state index is -0.147. The molecule has 106 valence electrons. The monoisotopic (exact) mass is 264 g/mol. The zero-order valence-corrected chi connectivity index (χ0v) is 12.5. The highest BCUT2D eigenvalue weighted by Crippen LogP contribution is 2.27. The summed E-state index contributed by atoms with van der Waals surface area (Å²) in [5.74, 6) is 0.537. The number of anilines is 1. The zero-order chi connectivity index (χ0) is 14.0. The van der Waals surface area contributed by atoms with E-state index in [1.807, 2.05) is 13.0 Å². The lowest BCUT2D eigenvalue weighted by atomic mass is 10.1. The molecule has 1 aliphatic rings. The van der Waals surface area contributed by atoms with Gasteiger partial charge in [0.05, 0.1) is 0 Å². The Labute approximate surface area is 116 Å². The van der Waals surface area contributed by atoms with E-state index < -0.39 is 0 Å². The number of nitrogens with zero attached hydrogens (tertiary/aromatic N) is 1. The first-order valence-corrected chi connectivity index (χ1v) is 7.11. The van der Waals surface area contributed by atoms with Gasteiger partial charge in [0.2, 0.25) is 0 Å². The van der Waals surface area contributed by atoms with Crippen LogP contribution in [0.2, 0.25) is 0 Å². The summed E-state index contributed by atoms with van der Waals surface area (Å²) in [7, 11) is 0. The predicted molar refractivity (Wildman–Crippen MR) is 79.2 cm³/mol. The molecule has 3 heteroatoms. The Morgan fingerprint density at radius 2 is 2.11 bits per heavy atom. The van der Waals surface area contributed by atoms with Gasteiger partial charge < -0.3 is 10.2 Å². The van der Waals surface area contributed by atoms with E-state index in [1.165, 1.54) is 12.1 Å². The molecule has 0 radical (unpaired) electrons. The highest BCUT2D eigenvalue weighted by Gasteiger charge is 2.24. The second kappa shape index (κ2) is 5.49. The Bertz CT molecular complexity index is 437. The van der Waals surface area contributed by atoms with Crippen LogP contribution in [0.25, 0.3) is 0 Å². The van der Waals surface area contributed by atoms with E-state index in [4.69, 9.17) is 0 Å². The standard InChI is InChI=1S/C16H25FN2/c1-12-9-14(17)5-6-15(12)19-8-7-13(11-19)10-18-16(2,3)4/h5-6,9,13,18H,7-8,10-11H2,1-4H3. The first-order valence-electron chi connectivity index (χ1n) is 7.11. The van der Waals surface area contributed by atoms with E-state index in [9.17, 15) is 4.39 Å². The molecule has 0 saturated carbocycles. The molecule has 0 aromatic heterocycles. The van der Waals surface area contributed by atoms with Crippen molar-refractivity contribution in [2.45, 2.75) is 39.7 Å². The second-order valence-corrected chi connectivity index (χ2v) is 6.66. The largest absolute Gasteiger partial charge is 0.371 e. The fourth-order valence-corrected chi connectivity index (χ4v) is 2.64.